The van der Waals surface area contributed by atoms with Crippen LogP contribution >= 0.6 is 0 Å². The Bertz CT molecular complexity index is 1000. The van der Waals surface area contributed by atoms with E-state index in [1.54, 1.807) is 23.1 Å². The molecule has 4 rings (SSSR count). The zero-order chi connectivity index (χ0) is 25.0. The second-order valence-corrected chi connectivity index (χ2v) is 9.44. The Labute approximate surface area is 202 Å². The average Bonchev–Trinajstić information content (AvgIpc) is 3.38. The van der Waals surface area contributed by atoms with Crippen LogP contribution in [0, 0.1) is 11.8 Å². The van der Waals surface area contributed by atoms with Crippen LogP contribution in [-0.2, 0) is 11.0 Å². The fourth-order valence-corrected chi connectivity index (χ4v) is 5.23. The van der Waals surface area contributed by atoms with Crippen molar-refractivity contribution in [2.75, 3.05) is 50.7 Å². The average molecular weight is 494 g/mol. The fraction of sp³-hybridized carbons (Fsp3) is 0.520. The molecular formula is C25H30F3N3O4. The number of anilines is 1. The van der Waals surface area contributed by atoms with E-state index in [1.165, 1.54) is 23.3 Å². The second kappa shape index (κ2) is 10.7. The summed E-state index contributed by atoms with van der Waals surface area (Å²) in [5.41, 5.74) is -0.0676. The fourth-order valence-electron chi connectivity index (χ4n) is 5.23. The lowest BCUT2D eigenvalue weighted by molar-refractivity contribution is -0.901. The number of nitrogens with zero attached hydrogens (tertiary/aromatic N) is 2. The van der Waals surface area contributed by atoms with Crippen LogP contribution in [0.3, 0.4) is 0 Å². The zero-order valence-corrected chi connectivity index (χ0v) is 19.4. The summed E-state index contributed by atoms with van der Waals surface area (Å²) < 4.78 is 44.4. The number of likely N-dealkylation sites (tertiary alicyclic amines) is 1. The molecule has 1 aromatic carbocycles. The highest BCUT2D eigenvalue weighted by Gasteiger charge is 2.34. The molecule has 0 aliphatic carbocycles. The van der Waals surface area contributed by atoms with Crippen LogP contribution < -0.4 is 14.9 Å². The molecule has 35 heavy (non-hydrogen) atoms. The molecule has 0 spiro atoms. The molecule has 2 fully saturated rings. The normalized spacial score (nSPS) is 21.8. The molecule has 0 unspecified atom stereocenters. The highest BCUT2D eigenvalue weighted by Crippen LogP contribution is 2.32. The van der Waals surface area contributed by atoms with Gasteiger partial charge in [-0.15, -0.1) is 0 Å². The maximum Gasteiger partial charge on any atom is 0.416 e. The van der Waals surface area contributed by atoms with Crippen molar-refractivity contribution >= 4 is 17.6 Å². The van der Waals surface area contributed by atoms with Crippen molar-refractivity contribution in [2.24, 2.45) is 11.8 Å². The van der Waals surface area contributed by atoms with E-state index >= 15 is 0 Å². The van der Waals surface area contributed by atoms with E-state index in [4.69, 9.17) is 4.42 Å². The van der Waals surface area contributed by atoms with Crippen LogP contribution in [0.5, 0.6) is 0 Å². The Morgan fingerprint density at radius 2 is 1.86 bits per heavy atom. The molecule has 2 atom stereocenters. The summed E-state index contributed by atoms with van der Waals surface area (Å²) in [6.45, 7) is 4.62. The number of rotatable bonds is 7. The molecule has 2 aliphatic rings. The summed E-state index contributed by atoms with van der Waals surface area (Å²) >= 11 is 0. The van der Waals surface area contributed by atoms with E-state index in [9.17, 15) is 27.9 Å². The largest absolute Gasteiger partial charge is 0.550 e. The van der Waals surface area contributed by atoms with Crippen LogP contribution in [0.15, 0.2) is 47.1 Å². The van der Waals surface area contributed by atoms with Gasteiger partial charge in [-0.25, -0.2) is 0 Å². The molecule has 2 aliphatic heterocycles. The first-order valence-corrected chi connectivity index (χ1v) is 12.0. The van der Waals surface area contributed by atoms with Gasteiger partial charge in [0.15, 0.2) is 5.76 Å². The van der Waals surface area contributed by atoms with Gasteiger partial charge in [0.05, 0.1) is 44.6 Å². The number of aliphatic carboxylic acids is 1. The third-order valence-electron chi connectivity index (χ3n) is 7.22. The van der Waals surface area contributed by atoms with Gasteiger partial charge in [0.2, 0.25) is 0 Å². The number of amides is 1. The predicted molar refractivity (Wildman–Crippen MR) is 120 cm³/mol. The number of carboxylic acids is 1. The maximum absolute atomic E-state index is 13.0. The van der Waals surface area contributed by atoms with Crippen molar-refractivity contribution in [2.45, 2.75) is 25.4 Å². The van der Waals surface area contributed by atoms with Gasteiger partial charge >= 0.3 is 6.18 Å². The molecule has 0 radical (unpaired) electrons. The van der Waals surface area contributed by atoms with Gasteiger partial charge in [0.1, 0.15) is 0 Å². The van der Waals surface area contributed by atoms with Crippen LogP contribution in [0.25, 0.3) is 0 Å². The van der Waals surface area contributed by atoms with Crippen molar-refractivity contribution in [1.29, 1.82) is 0 Å². The smallest absolute Gasteiger partial charge is 0.416 e. The summed E-state index contributed by atoms with van der Waals surface area (Å²) in [4.78, 5) is 29.0. The molecule has 2 aromatic rings. The number of quaternary nitrogens is 1. The molecule has 1 amide bonds. The number of piperazine rings is 1. The first-order chi connectivity index (χ1) is 16.7. The number of nitrogens with one attached hydrogen (secondary N) is 1. The number of furan rings is 1. The van der Waals surface area contributed by atoms with Gasteiger partial charge < -0.3 is 29.0 Å². The second-order valence-electron chi connectivity index (χ2n) is 9.44. The van der Waals surface area contributed by atoms with Crippen molar-refractivity contribution in [3.8, 4) is 0 Å². The van der Waals surface area contributed by atoms with Gasteiger partial charge in [0.25, 0.3) is 5.91 Å². The number of carbonyl (C=O) groups is 2. The number of hydrogen-bond donors (Lipinski definition) is 1. The lowest BCUT2D eigenvalue weighted by Gasteiger charge is -2.40. The van der Waals surface area contributed by atoms with E-state index in [-0.39, 0.29) is 29.9 Å². The van der Waals surface area contributed by atoms with Gasteiger partial charge in [-0.3, -0.25) is 4.79 Å². The summed E-state index contributed by atoms with van der Waals surface area (Å²) in [7, 11) is 0. The van der Waals surface area contributed by atoms with E-state index in [1.807, 2.05) is 4.90 Å². The van der Waals surface area contributed by atoms with Crippen LogP contribution in [-0.4, -0.2) is 62.6 Å². The Morgan fingerprint density at radius 1 is 1.09 bits per heavy atom. The minimum absolute atomic E-state index is 0.0217. The Morgan fingerprint density at radius 3 is 2.51 bits per heavy atom. The zero-order valence-electron chi connectivity index (χ0n) is 19.4. The Balaban J connectivity index is 1.32. The van der Waals surface area contributed by atoms with Gasteiger partial charge in [-0.05, 0) is 55.0 Å². The van der Waals surface area contributed by atoms with Gasteiger partial charge in [0, 0.05) is 31.2 Å². The molecule has 1 N–H and O–H groups in total. The molecule has 0 bridgehead atoms. The van der Waals surface area contributed by atoms with E-state index in [2.05, 4.69) is 0 Å². The number of carboxylic acid groups (broad SMARTS) is 1. The highest BCUT2D eigenvalue weighted by atomic mass is 19.4. The lowest BCUT2D eigenvalue weighted by atomic mass is 9.81. The summed E-state index contributed by atoms with van der Waals surface area (Å²) in [5, 5.41) is 11.3. The molecule has 0 saturated carbocycles. The summed E-state index contributed by atoms with van der Waals surface area (Å²) in [6, 6.07) is 8.71. The third kappa shape index (κ3) is 6.36. The SMILES string of the molecule is O=C([O-])C[C@@H]1CCN(C(=O)c2ccco2)C[C@@H]1CC[NH+]1CCN(c2cccc(C(F)(F)F)c2)CC1. The quantitative estimate of drug-likeness (QED) is 0.629. The van der Waals surface area contributed by atoms with Crippen LogP contribution in [0.1, 0.15) is 35.4 Å². The molecule has 1 aromatic heterocycles. The van der Waals surface area contributed by atoms with E-state index < -0.39 is 17.7 Å². The molecule has 2 saturated heterocycles. The standard InChI is InChI=1S/C25H30F3N3O4/c26-25(27,28)20-3-1-4-21(16-20)30-12-10-29(11-13-30)8-6-19-17-31(9-7-18(19)15-23(32)33)24(34)22-5-2-14-35-22/h1-5,14,16,18-19H,6-13,15,17H2,(H,32,33)/t18-,19-/m0/s1. The molecule has 3 heterocycles. The van der Waals surface area contributed by atoms with Crippen LogP contribution in [0.2, 0.25) is 0 Å². The number of piperidine rings is 1. The predicted octanol–water partition coefficient (Wildman–Crippen LogP) is 1.31. The first kappa shape index (κ1) is 25.1. The Kier molecular flexibility index (Phi) is 7.69. The van der Waals surface area contributed by atoms with E-state index in [0.29, 0.717) is 38.3 Å². The number of carbonyl (C=O) groups excluding carboxylic acids is 2. The molecule has 190 valence electrons. The Hall–Kier alpha value is -3.01. The molecule has 10 heteroatoms. The maximum atomic E-state index is 13.0. The van der Waals surface area contributed by atoms with Gasteiger partial charge in [-0.1, -0.05) is 6.07 Å². The van der Waals surface area contributed by atoms with Crippen molar-refractivity contribution in [1.82, 2.24) is 4.90 Å². The van der Waals surface area contributed by atoms with Crippen molar-refractivity contribution in [3.05, 3.63) is 54.0 Å². The first-order valence-electron chi connectivity index (χ1n) is 12.0. The third-order valence-corrected chi connectivity index (χ3v) is 7.22. The highest BCUT2D eigenvalue weighted by molar-refractivity contribution is 5.91. The number of halogens is 3. The number of benzene rings is 1. The topological polar surface area (TPSA) is 81.3 Å². The summed E-state index contributed by atoms with van der Waals surface area (Å²) in [5.74, 6) is -0.999. The van der Waals surface area contributed by atoms with Gasteiger partial charge in [-0.2, -0.15) is 13.2 Å². The lowest BCUT2D eigenvalue weighted by Crippen LogP contribution is -3.15. The van der Waals surface area contributed by atoms with Crippen molar-refractivity contribution < 1.29 is 37.2 Å². The van der Waals surface area contributed by atoms with Crippen molar-refractivity contribution in [3.63, 3.8) is 0 Å². The number of hydrogen-bond acceptors (Lipinski definition) is 5. The monoisotopic (exact) mass is 493 g/mol. The molecular weight excluding hydrogens is 463 g/mol. The minimum atomic E-state index is -4.36. The number of alkyl halides is 3. The summed E-state index contributed by atoms with van der Waals surface area (Å²) in [6.07, 6.45) is -1.57. The minimum Gasteiger partial charge on any atom is -0.550 e. The van der Waals surface area contributed by atoms with Crippen LogP contribution in [0.4, 0.5) is 18.9 Å². The van der Waals surface area contributed by atoms with E-state index in [0.717, 1.165) is 32.1 Å². The molecule has 7 nitrogen and oxygen atoms in total.